The number of hydrogen-bond donors (Lipinski definition) is 0. The first-order valence-electron chi connectivity index (χ1n) is 9.00. The molecule has 0 aliphatic carbocycles. The molecule has 1 amide bonds. The van der Waals surface area contributed by atoms with Gasteiger partial charge >= 0.3 is 6.01 Å². The van der Waals surface area contributed by atoms with Crippen LogP contribution in [-0.4, -0.2) is 39.2 Å². The quantitative estimate of drug-likeness (QED) is 0.676. The first-order chi connectivity index (χ1) is 13.5. The fourth-order valence-corrected chi connectivity index (χ4v) is 3.37. The predicted molar refractivity (Wildman–Crippen MR) is 94.6 cm³/mol. The number of benzene rings is 1. The van der Waals surface area contributed by atoms with Gasteiger partial charge in [0.25, 0.3) is 5.91 Å². The maximum atomic E-state index is 13.3. The summed E-state index contributed by atoms with van der Waals surface area (Å²) in [7, 11) is 0. The van der Waals surface area contributed by atoms with E-state index in [1.807, 2.05) is 0 Å². The summed E-state index contributed by atoms with van der Waals surface area (Å²) in [6, 6.07) is 5.70. The van der Waals surface area contributed by atoms with Crippen molar-refractivity contribution in [2.24, 2.45) is 0 Å². The smallest absolute Gasteiger partial charge is 0.359 e. The van der Waals surface area contributed by atoms with Crippen molar-refractivity contribution in [1.29, 1.82) is 0 Å². The van der Waals surface area contributed by atoms with Crippen LogP contribution in [0, 0.1) is 19.7 Å². The fraction of sp³-hybridized carbons (Fsp3) is 0.368. The zero-order chi connectivity index (χ0) is 19.7. The number of carbonyl (C=O) groups excluding carboxylic acids is 1. The van der Waals surface area contributed by atoms with Crippen molar-refractivity contribution in [2.45, 2.75) is 32.6 Å². The van der Waals surface area contributed by atoms with Crippen molar-refractivity contribution < 1.29 is 23.0 Å². The van der Waals surface area contributed by atoms with Gasteiger partial charge in [-0.15, -0.1) is 0 Å². The minimum Gasteiger partial charge on any atom is -0.422 e. The van der Waals surface area contributed by atoms with Crippen LogP contribution in [0.1, 0.15) is 46.5 Å². The lowest BCUT2D eigenvalue weighted by molar-refractivity contribution is 0.0693. The standard InChI is InChI=1S/C19H19FN4O4/c1-11-16(12(2)27-22-11)18(25)24-8-4-5-13(10-24)17-21-19(23-28-17)26-15-7-3-6-14(20)9-15/h3,6-7,9,13H,4-5,8,10H2,1-2H3. The highest BCUT2D eigenvalue weighted by Crippen LogP contribution is 2.29. The molecule has 1 atom stereocenters. The third-order valence-corrected chi connectivity index (χ3v) is 4.73. The number of rotatable bonds is 4. The van der Waals surface area contributed by atoms with E-state index in [1.54, 1.807) is 24.8 Å². The van der Waals surface area contributed by atoms with Gasteiger partial charge in [-0.25, -0.2) is 4.39 Å². The highest BCUT2D eigenvalue weighted by molar-refractivity contribution is 5.96. The molecule has 1 aromatic carbocycles. The highest BCUT2D eigenvalue weighted by Gasteiger charge is 2.31. The van der Waals surface area contributed by atoms with Crippen LogP contribution in [-0.2, 0) is 0 Å². The number of carbonyl (C=O) groups is 1. The lowest BCUT2D eigenvalue weighted by Crippen LogP contribution is -2.39. The normalized spacial score (nSPS) is 17.0. The fourth-order valence-electron chi connectivity index (χ4n) is 3.37. The Bertz CT molecular complexity index is 980. The zero-order valence-electron chi connectivity index (χ0n) is 15.5. The second-order valence-electron chi connectivity index (χ2n) is 6.76. The molecule has 1 aliphatic heterocycles. The number of aryl methyl sites for hydroxylation is 2. The first-order valence-corrected chi connectivity index (χ1v) is 9.00. The van der Waals surface area contributed by atoms with Gasteiger partial charge in [0.1, 0.15) is 22.9 Å². The van der Waals surface area contributed by atoms with Crippen LogP contribution in [0.25, 0.3) is 0 Å². The number of ether oxygens (including phenoxy) is 1. The highest BCUT2D eigenvalue weighted by atomic mass is 19.1. The number of likely N-dealkylation sites (tertiary alicyclic amines) is 1. The van der Waals surface area contributed by atoms with Crippen LogP contribution in [0.4, 0.5) is 4.39 Å². The average Bonchev–Trinajstić information content (AvgIpc) is 3.28. The van der Waals surface area contributed by atoms with Gasteiger partial charge in [-0.1, -0.05) is 11.2 Å². The lowest BCUT2D eigenvalue weighted by atomic mass is 9.97. The van der Waals surface area contributed by atoms with Crippen molar-refractivity contribution in [1.82, 2.24) is 20.2 Å². The summed E-state index contributed by atoms with van der Waals surface area (Å²) in [5.41, 5.74) is 1.08. The molecule has 8 nitrogen and oxygen atoms in total. The summed E-state index contributed by atoms with van der Waals surface area (Å²) in [6.45, 7) is 4.56. The number of hydrogen-bond acceptors (Lipinski definition) is 7. The van der Waals surface area contributed by atoms with E-state index in [0.717, 1.165) is 12.8 Å². The largest absolute Gasteiger partial charge is 0.422 e. The van der Waals surface area contributed by atoms with E-state index in [0.29, 0.717) is 36.0 Å². The molecule has 3 heterocycles. The molecular formula is C19H19FN4O4. The van der Waals surface area contributed by atoms with Crippen LogP contribution in [0.15, 0.2) is 33.3 Å². The summed E-state index contributed by atoms with van der Waals surface area (Å²) < 4.78 is 29.1. The summed E-state index contributed by atoms with van der Waals surface area (Å²) >= 11 is 0. The predicted octanol–water partition coefficient (Wildman–Crippen LogP) is 3.63. The monoisotopic (exact) mass is 386 g/mol. The molecule has 1 saturated heterocycles. The molecule has 0 radical (unpaired) electrons. The van der Waals surface area contributed by atoms with E-state index in [-0.39, 0.29) is 23.6 Å². The van der Waals surface area contributed by atoms with Crippen molar-refractivity contribution in [3.63, 3.8) is 0 Å². The molecule has 0 bridgehead atoms. The molecule has 1 fully saturated rings. The van der Waals surface area contributed by atoms with Crippen molar-refractivity contribution in [3.8, 4) is 11.8 Å². The Labute approximate surface area is 160 Å². The molecule has 1 unspecified atom stereocenters. The van der Waals surface area contributed by atoms with E-state index in [4.69, 9.17) is 13.8 Å². The van der Waals surface area contributed by atoms with E-state index in [1.165, 1.54) is 18.2 Å². The van der Waals surface area contributed by atoms with Crippen LogP contribution < -0.4 is 4.74 Å². The molecule has 3 aromatic rings. The maximum absolute atomic E-state index is 13.3. The Kier molecular flexibility index (Phi) is 4.81. The SMILES string of the molecule is Cc1noc(C)c1C(=O)N1CCCC(c2nc(Oc3cccc(F)c3)no2)C1. The minimum absolute atomic E-state index is 0.00905. The van der Waals surface area contributed by atoms with Gasteiger partial charge in [-0.2, -0.15) is 4.98 Å². The molecule has 0 spiro atoms. The molecule has 146 valence electrons. The second kappa shape index (κ2) is 7.41. The van der Waals surface area contributed by atoms with Gasteiger partial charge in [0.2, 0.25) is 5.89 Å². The van der Waals surface area contributed by atoms with Crippen LogP contribution in [0.3, 0.4) is 0 Å². The number of aromatic nitrogens is 3. The number of piperidine rings is 1. The number of halogens is 1. The summed E-state index contributed by atoms with van der Waals surface area (Å²) in [5, 5.41) is 7.66. The minimum atomic E-state index is -0.415. The molecular weight excluding hydrogens is 367 g/mol. The molecule has 1 aliphatic rings. The Balaban J connectivity index is 1.46. The number of nitrogens with zero attached hydrogens (tertiary/aromatic N) is 4. The lowest BCUT2D eigenvalue weighted by Gasteiger charge is -2.30. The molecule has 28 heavy (non-hydrogen) atoms. The van der Waals surface area contributed by atoms with Gasteiger partial charge in [-0.05, 0) is 44.0 Å². The Morgan fingerprint density at radius 2 is 2.14 bits per heavy atom. The maximum Gasteiger partial charge on any atom is 0.359 e. The van der Waals surface area contributed by atoms with Crippen LogP contribution in [0.5, 0.6) is 11.8 Å². The topological polar surface area (TPSA) is 94.5 Å². The van der Waals surface area contributed by atoms with Gasteiger partial charge in [-0.3, -0.25) is 4.79 Å². The third-order valence-electron chi connectivity index (χ3n) is 4.73. The van der Waals surface area contributed by atoms with Crippen molar-refractivity contribution >= 4 is 5.91 Å². The summed E-state index contributed by atoms with van der Waals surface area (Å²) in [4.78, 5) is 18.9. The van der Waals surface area contributed by atoms with Crippen molar-refractivity contribution in [3.05, 3.63) is 53.0 Å². The zero-order valence-corrected chi connectivity index (χ0v) is 15.5. The van der Waals surface area contributed by atoms with E-state index >= 15 is 0 Å². The van der Waals surface area contributed by atoms with Crippen molar-refractivity contribution in [2.75, 3.05) is 13.1 Å². The Morgan fingerprint density at radius 3 is 2.89 bits per heavy atom. The Morgan fingerprint density at radius 1 is 1.29 bits per heavy atom. The molecule has 4 rings (SSSR count). The van der Waals surface area contributed by atoms with Gasteiger partial charge in [0.15, 0.2) is 0 Å². The van der Waals surface area contributed by atoms with E-state index < -0.39 is 5.82 Å². The van der Waals surface area contributed by atoms with E-state index in [2.05, 4.69) is 15.3 Å². The number of amides is 1. The molecule has 0 saturated carbocycles. The first kappa shape index (κ1) is 18.1. The summed E-state index contributed by atoms with van der Waals surface area (Å²) in [5.74, 6) is 0.552. The van der Waals surface area contributed by atoms with Crippen LogP contribution >= 0.6 is 0 Å². The van der Waals surface area contributed by atoms with Gasteiger partial charge < -0.3 is 18.7 Å². The average molecular weight is 386 g/mol. The second-order valence-corrected chi connectivity index (χ2v) is 6.76. The molecule has 9 heteroatoms. The van der Waals surface area contributed by atoms with Gasteiger partial charge in [0.05, 0.1) is 11.6 Å². The third kappa shape index (κ3) is 3.60. The Hall–Kier alpha value is -3.23. The van der Waals surface area contributed by atoms with E-state index in [9.17, 15) is 9.18 Å². The summed E-state index contributed by atoms with van der Waals surface area (Å²) in [6.07, 6.45) is 1.62. The van der Waals surface area contributed by atoms with Crippen LogP contribution in [0.2, 0.25) is 0 Å². The molecule has 2 aromatic heterocycles. The molecule has 0 N–H and O–H groups in total. The van der Waals surface area contributed by atoms with Gasteiger partial charge in [0, 0.05) is 19.2 Å².